The minimum atomic E-state index is -4.35. The highest BCUT2D eigenvalue weighted by molar-refractivity contribution is 5.57. The highest BCUT2D eigenvalue weighted by Crippen LogP contribution is 2.28. The number of hydrogen-bond acceptors (Lipinski definition) is 0. The van der Waals surface area contributed by atoms with Gasteiger partial charge in [0.15, 0.2) is 0 Å². The smallest absolute Gasteiger partial charge is 0.359 e. The SMILES string of the molecule is C=C/C(=C\c1[nH]c(C)cc1C)C(F)(F)F.CC. The summed E-state index contributed by atoms with van der Waals surface area (Å²) in [5.41, 5.74) is 1.35. The quantitative estimate of drug-likeness (QED) is 0.721. The lowest BCUT2D eigenvalue weighted by Crippen LogP contribution is -2.09. The van der Waals surface area contributed by atoms with E-state index in [-0.39, 0.29) is 0 Å². The van der Waals surface area contributed by atoms with E-state index in [4.69, 9.17) is 0 Å². The molecular formula is C13H18F3N. The number of allylic oxidation sites excluding steroid dienone is 2. The third-order valence-electron chi connectivity index (χ3n) is 2.04. The van der Waals surface area contributed by atoms with E-state index >= 15 is 0 Å². The maximum Gasteiger partial charge on any atom is 0.416 e. The zero-order chi connectivity index (χ0) is 13.6. The Balaban J connectivity index is 0.00000121. The molecule has 96 valence electrons. The van der Waals surface area contributed by atoms with Gasteiger partial charge in [0.25, 0.3) is 0 Å². The molecule has 1 heterocycles. The lowest BCUT2D eigenvalue weighted by atomic mass is 10.1. The molecule has 0 saturated heterocycles. The molecule has 1 N–H and O–H groups in total. The minimum Gasteiger partial charge on any atom is -0.359 e. The van der Waals surface area contributed by atoms with E-state index in [1.54, 1.807) is 19.9 Å². The van der Waals surface area contributed by atoms with Crippen molar-refractivity contribution in [2.45, 2.75) is 33.9 Å². The molecule has 1 aromatic heterocycles. The molecule has 0 saturated carbocycles. The standard InChI is InChI=1S/C11H12F3N.C2H6/c1-4-9(11(12,13)14)6-10-7(2)5-8(3)15-10;1-2/h4-6,15H,1H2,2-3H3;1-2H3/b9-6+;. The third kappa shape index (κ3) is 4.51. The van der Waals surface area contributed by atoms with Gasteiger partial charge in [0.2, 0.25) is 0 Å². The lowest BCUT2D eigenvalue weighted by Gasteiger charge is -2.06. The number of halogens is 3. The van der Waals surface area contributed by atoms with Crippen LogP contribution in [-0.4, -0.2) is 11.2 Å². The summed E-state index contributed by atoms with van der Waals surface area (Å²) in [5.74, 6) is 0. The maximum atomic E-state index is 12.4. The lowest BCUT2D eigenvalue weighted by molar-refractivity contribution is -0.0872. The average Bonchev–Trinajstić information content (AvgIpc) is 2.55. The molecule has 1 aromatic rings. The van der Waals surface area contributed by atoms with Crippen molar-refractivity contribution in [2.24, 2.45) is 0 Å². The Morgan fingerprint density at radius 2 is 1.82 bits per heavy atom. The second kappa shape index (κ2) is 6.33. The molecule has 0 unspecified atom stereocenters. The zero-order valence-electron chi connectivity index (χ0n) is 10.6. The fourth-order valence-electron chi connectivity index (χ4n) is 1.31. The van der Waals surface area contributed by atoms with E-state index in [9.17, 15) is 13.2 Å². The van der Waals surface area contributed by atoms with Gasteiger partial charge in [-0.05, 0) is 31.6 Å². The number of H-pyrrole nitrogens is 1. The Morgan fingerprint density at radius 1 is 1.29 bits per heavy atom. The molecule has 0 fully saturated rings. The van der Waals surface area contributed by atoms with Crippen molar-refractivity contribution in [2.75, 3.05) is 0 Å². The molecule has 0 amide bonds. The highest BCUT2D eigenvalue weighted by atomic mass is 19.4. The van der Waals surface area contributed by atoms with Crippen molar-refractivity contribution in [3.63, 3.8) is 0 Å². The van der Waals surface area contributed by atoms with Gasteiger partial charge in [0.1, 0.15) is 0 Å². The summed E-state index contributed by atoms with van der Waals surface area (Å²) < 4.78 is 37.2. The maximum absolute atomic E-state index is 12.4. The first-order chi connectivity index (χ1) is 7.84. The molecule has 0 atom stereocenters. The van der Waals surface area contributed by atoms with Gasteiger partial charge in [-0.2, -0.15) is 13.2 Å². The first-order valence-electron chi connectivity index (χ1n) is 5.42. The Kier molecular flexibility index (Phi) is 5.79. The van der Waals surface area contributed by atoms with Crippen LogP contribution in [0.3, 0.4) is 0 Å². The van der Waals surface area contributed by atoms with Crippen LogP contribution in [0.15, 0.2) is 24.3 Å². The van der Waals surface area contributed by atoms with Crippen LogP contribution in [0.5, 0.6) is 0 Å². The summed E-state index contributed by atoms with van der Waals surface area (Å²) >= 11 is 0. The molecule has 0 aliphatic heterocycles. The number of nitrogens with one attached hydrogen (secondary N) is 1. The van der Waals surface area contributed by atoms with Crippen molar-refractivity contribution in [3.8, 4) is 0 Å². The van der Waals surface area contributed by atoms with E-state index < -0.39 is 11.7 Å². The molecule has 0 bridgehead atoms. The zero-order valence-corrected chi connectivity index (χ0v) is 10.6. The third-order valence-corrected chi connectivity index (χ3v) is 2.04. The number of aromatic amines is 1. The number of hydrogen-bond donors (Lipinski definition) is 1. The average molecular weight is 245 g/mol. The van der Waals surface area contributed by atoms with Crippen LogP contribution in [0.1, 0.15) is 30.8 Å². The van der Waals surface area contributed by atoms with Crippen molar-refractivity contribution in [1.29, 1.82) is 0 Å². The van der Waals surface area contributed by atoms with Gasteiger partial charge in [-0.3, -0.25) is 0 Å². The molecule has 0 spiro atoms. The number of rotatable bonds is 2. The summed E-state index contributed by atoms with van der Waals surface area (Å²) in [4.78, 5) is 2.86. The molecule has 4 heteroatoms. The number of aromatic nitrogens is 1. The molecule has 0 aliphatic rings. The van der Waals surface area contributed by atoms with Gasteiger partial charge < -0.3 is 4.98 Å². The fourth-order valence-corrected chi connectivity index (χ4v) is 1.31. The predicted molar refractivity (Wildman–Crippen MR) is 65.8 cm³/mol. The summed E-state index contributed by atoms with van der Waals surface area (Å²) in [7, 11) is 0. The normalized spacial score (nSPS) is 11.8. The molecule has 0 aliphatic carbocycles. The summed E-state index contributed by atoms with van der Waals surface area (Å²) in [5, 5.41) is 0. The van der Waals surface area contributed by atoms with Gasteiger partial charge in [0.05, 0.1) is 5.57 Å². The molecule has 0 radical (unpaired) electrons. The van der Waals surface area contributed by atoms with Gasteiger partial charge in [-0.1, -0.05) is 26.5 Å². The van der Waals surface area contributed by atoms with Crippen molar-refractivity contribution >= 4 is 6.08 Å². The van der Waals surface area contributed by atoms with Crippen LogP contribution in [0.4, 0.5) is 13.2 Å². The van der Waals surface area contributed by atoms with Crippen molar-refractivity contribution in [1.82, 2.24) is 4.98 Å². The topological polar surface area (TPSA) is 15.8 Å². The second-order valence-electron chi connectivity index (χ2n) is 3.35. The van der Waals surface area contributed by atoms with E-state index in [1.807, 2.05) is 13.8 Å². The first-order valence-corrected chi connectivity index (χ1v) is 5.42. The van der Waals surface area contributed by atoms with E-state index in [0.717, 1.165) is 23.4 Å². The van der Waals surface area contributed by atoms with Crippen LogP contribution in [0.25, 0.3) is 6.08 Å². The Hall–Kier alpha value is -1.45. The first kappa shape index (κ1) is 15.5. The predicted octanol–water partition coefficient (Wildman–Crippen LogP) is 4.79. The minimum absolute atomic E-state index is 0.472. The monoisotopic (exact) mass is 245 g/mol. The Morgan fingerprint density at radius 3 is 2.12 bits per heavy atom. The molecule has 17 heavy (non-hydrogen) atoms. The largest absolute Gasteiger partial charge is 0.416 e. The fraction of sp³-hybridized carbons (Fsp3) is 0.385. The van der Waals surface area contributed by atoms with Crippen LogP contribution >= 0.6 is 0 Å². The Labute approximate surface area is 100 Å². The molecule has 1 rings (SSSR count). The second-order valence-corrected chi connectivity index (χ2v) is 3.35. The summed E-state index contributed by atoms with van der Waals surface area (Å²) in [6.45, 7) is 10.7. The number of alkyl halides is 3. The van der Waals surface area contributed by atoms with Crippen LogP contribution in [-0.2, 0) is 0 Å². The van der Waals surface area contributed by atoms with Gasteiger partial charge in [-0.25, -0.2) is 0 Å². The van der Waals surface area contributed by atoms with E-state index in [0.29, 0.717) is 5.69 Å². The van der Waals surface area contributed by atoms with Crippen LogP contribution in [0.2, 0.25) is 0 Å². The molecule has 0 aromatic carbocycles. The molecular weight excluding hydrogens is 227 g/mol. The van der Waals surface area contributed by atoms with Crippen molar-refractivity contribution < 1.29 is 13.2 Å². The Bertz CT molecular complexity index is 397. The summed E-state index contributed by atoms with van der Waals surface area (Å²) in [6, 6.07) is 1.79. The number of aryl methyl sites for hydroxylation is 2. The van der Waals surface area contributed by atoms with Crippen LogP contribution < -0.4 is 0 Å². The van der Waals surface area contributed by atoms with Gasteiger partial charge in [0, 0.05) is 11.4 Å². The molecule has 1 nitrogen and oxygen atoms in total. The highest BCUT2D eigenvalue weighted by Gasteiger charge is 2.31. The van der Waals surface area contributed by atoms with Gasteiger partial charge >= 0.3 is 6.18 Å². The van der Waals surface area contributed by atoms with Crippen LogP contribution in [0, 0.1) is 13.8 Å². The van der Waals surface area contributed by atoms with E-state index in [1.165, 1.54) is 0 Å². The van der Waals surface area contributed by atoms with E-state index in [2.05, 4.69) is 11.6 Å². The summed E-state index contributed by atoms with van der Waals surface area (Å²) in [6.07, 6.45) is -2.47. The van der Waals surface area contributed by atoms with Gasteiger partial charge in [-0.15, -0.1) is 0 Å². The van der Waals surface area contributed by atoms with Crippen molar-refractivity contribution in [3.05, 3.63) is 41.2 Å².